The molecular weight excluding hydrogens is 523 g/mol. The van der Waals surface area contributed by atoms with Crippen LogP contribution in [0.1, 0.15) is 47.7 Å². The van der Waals surface area contributed by atoms with Crippen LogP contribution in [0.5, 0.6) is 11.5 Å². The quantitative estimate of drug-likeness (QED) is 0.336. The highest BCUT2D eigenvalue weighted by atomic mass is 19.1. The fraction of sp³-hybridized carbons (Fsp3) is 0.355. The number of fused-ring (bicyclic) bond motifs is 2. The van der Waals surface area contributed by atoms with Gasteiger partial charge in [0.2, 0.25) is 5.43 Å². The molecule has 2 atom stereocenters. The Morgan fingerprint density at radius 2 is 2.07 bits per heavy atom. The van der Waals surface area contributed by atoms with E-state index in [-0.39, 0.29) is 22.6 Å². The van der Waals surface area contributed by atoms with E-state index in [1.165, 1.54) is 6.07 Å². The summed E-state index contributed by atoms with van der Waals surface area (Å²) in [5.74, 6) is -0.108. The van der Waals surface area contributed by atoms with E-state index >= 15 is 4.39 Å². The van der Waals surface area contributed by atoms with Gasteiger partial charge in [0.1, 0.15) is 16.8 Å². The predicted octanol–water partition coefficient (Wildman–Crippen LogP) is 4.23. The molecule has 210 valence electrons. The van der Waals surface area contributed by atoms with Gasteiger partial charge in [-0.05, 0) is 57.5 Å². The maximum Gasteiger partial charge on any atom is 0.256 e. The van der Waals surface area contributed by atoms with Crippen LogP contribution in [-0.4, -0.2) is 64.6 Å². The lowest BCUT2D eigenvalue weighted by Gasteiger charge is -2.29. The monoisotopic (exact) mass is 554 g/mol. The third-order valence-corrected chi connectivity index (χ3v) is 8.69. The smallest absolute Gasteiger partial charge is 0.256 e. The summed E-state index contributed by atoms with van der Waals surface area (Å²) in [6.07, 6.45) is 10.5. The zero-order chi connectivity index (χ0) is 28.1. The van der Waals surface area contributed by atoms with E-state index in [0.29, 0.717) is 48.3 Å². The van der Waals surface area contributed by atoms with Crippen LogP contribution in [0.2, 0.25) is 0 Å². The highest BCUT2D eigenvalue weighted by Gasteiger charge is 2.34. The van der Waals surface area contributed by atoms with E-state index in [9.17, 15) is 9.59 Å². The molecule has 2 fully saturated rings. The number of carbonyl (C=O) groups is 1. The molecule has 2 aromatic heterocycles. The summed E-state index contributed by atoms with van der Waals surface area (Å²) in [6, 6.07) is 9.06. The Labute approximate surface area is 236 Å². The number of halogens is 1. The van der Waals surface area contributed by atoms with Crippen molar-refractivity contribution in [3.63, 3.8) is 0 Å². The number of nitrogens with one attached hydrogen (secondary N) is 1. The summed E-state index contributed by atoms with van der Waals surface area (Å²) in [7, 11) is 2.10. The van der Waals surface area contributed by atoms with E-state index in [2.05, 4.69) is 27.2 Å². The molecule has 0 saturated carbocycles. The van der Waals surface area contributed by atoms with E-state index in [0.717, 1.165) is 37.9 Å². The number of nitrogens with zero attached hydrogens (tertiary/aromatic N) is 5. The maximum absolute atomic E-state index is 16.0. The fourth-order valence-corrected chi connectivity index (χ4v) is 6.53. The number of hydrogen-bond donors (Lipinski definition) is 1. The van der Waals surface area contributed by atoms with Crippen molar-refractivity contribution in [3.05, 3.63) is 82.4 Å². The van der Waals surface area contributed by atoms with Crippen molar-refractivity contribution < 1.29 is 13.9 Å². The van der Waals surface area contributed by atoms with Crippen molar-refractivity contribution in [2.45, 2.75) is 37.6 Å². The van der Waals surface area contributed by atoms with E-state index < -0.39 is 17.2 Å². The number of pyridine rings is 1. The van der Waals surface area contributed by atoms with Gasteiger partial charge in [0.25, 0.3) is 5.91 Å². The highest BCUT2D eigenvalue weighted by molar-refractivity contribution is 6.01. The minimum atomic E-state index is -0.558. The number of para-hydroxylation sites is 2. The highest BCUT2D eigenvalue weighted by Crippen LogP contribution is 2.47. The Morgan fingerprint density at radius 1 is 1.20 bits per heavy atom. The van der Waals surface area contributed by atoms with Gasteiger partial charge in [-0.3, -0.25) is 19.6 Å². The van der Waals surface area contributed by atoms with Crippen LogP contribution in [0.3, 0.4) is 0 Å². The molecule has 3 aliphatic rings. The maximum atomic E-state index is 16.0. The number of carbonyl (C=O) groups excluding carboxylic acids is 1. The number of anilines is 1. The first kappa shape index (κ1) is 25.6. The summed E-state index contributed by atoms with van der Waals surface area (Å²) in [5, 5.41) is 3.04. The summed E-state index contributed by atoms with van der Waals surface area (Å²) in [4.78, 5) is 39.9. The molecule has 9 nitrogen and oxygen atoms in total. The minimum Gasteiger partial charge on any atom is -0.451 e. The summed E-state index contributed by atoms with van der Waals surface area (Å²) in [5.41, 5.74) is 1.78. The van der Waals surface area contributed by atoms with Crippen molar-refractivity contribution in [3.8, 4) is 17.2 Å². The zero-order valence-electron chi connectivity index (χ0n) is 22.8. The SMILES string of the molecule is CN1CCCC1CCNC(=O)c1cn2c3c(c(N4CCC(c5cnccn5)C4)c(F)cc3c1=O)Oc1ccccc1-2. The van der Waals surface area contributed by atoms with E-state index in [1.54, 1.807) is 35.4 Å². The van der Waals surface area contributed by atoms with Crippen LogP contribution in [0, 0.1) is 5.82 Å². The molecule has 1 N–H and O–H groups in total. The fourth-order valence-electron chi connectivity index (χ4n) is 6.53. The molecule has 0 spiro atoms. The summed E-state index contributed by atoms with van der Waals surface area (Å²) < 4.78 is 24.1. The molecule has 10 heteroatoms. The molecule has 2 aromatic carbocycles. The molecular formula is C31H31FN6O3. The van der Waals surface area contributed by atoms with Crippen LogP contribution >= 0.6 is 0 Å². The van der Waals surface area contributed by atoms with Gasteiger partial charge in [-0.25, -0.2) is 4.39 Å². The average Bonchev–Trinajstić information content (AvgIpc) is 3.64. The zero-order valence-corrected chi connectivity index (χ0v) is 22.8. The number of likely N-dealkylation sites (tertiary alicyclic amines) is 1. The van der Waals surface area contributed by atoms with Gasteiger partial charge >= 0.3 is 0 Å². The van der Waals surface area contributed by atoms with E-state index in [1.807, 2.05) is 23.1 Å². The van der Waals surface area contributed by atoms with Crippen LogP contribution in [0.25, 0.3) is 16.6 Å². The van der Waals surface area contributed by atoms with Gasteiger partial charge in [-0.1, -0.05) is 12.1 Å². The second-order valence-electron chi connectivity index (χ2n) is 11.1. The van der Waals surface area contributed by atoms with Crippen molar-refractivity contribution in [1.82, 2.24) is 24.8 Å². The van der Waals surface area contributed by atoms with Crippen LogP contribution in [0.4, 0.5) is 10.1 Å². The van der Waals surface area contributed by atoms with Crippen molar-refractivity contribution in [2.75, 3.05) is 38.1 Å². The minimum absolute atomic E-state index is 0.0176. The first-order chi connectivity index (χ1) is 20.0. The van der Waals surface area contributed by atoms with Crippen molar-refractivity contribution in [2.24, 2.45) is 0 Å². The normalized spacial score (nSPS) is 19.8. The van der Waals surface area contributed by atoms with Crippen molar-refractivity contribution in [1.29, 1.82) is 0 Å². The molecule has 2 saturated heterocycles. The molecule has 7 rings (SSSR count). The molecule has 2 unspecified atom stereocenters. The lowest BCUT2D eigenvalue weighted by Crippen LogP contribution is -2.34. The van der Waals surface area contributed by atoms with Gasteiger partial charge in [0.05, 0.1) is 16.8 Å². The summed E-state index contributed by atoms with van der Waals surface area (Å²) in [6.45, 7) is 2.66. The number of aromatic nitrogens is 3. The predicted molar refractivity (Wildman–Crippen MR) is 154 cm³/mol. The van der Waals surface area contributed by atoms with Gasteiger partial charge in [0.15, 0.2) is 17.3 Å². The van der Waals surface area contributed by atoms with Gasteiger partial charge in [-0.15, -0.1) is 0 Å². The molecule has 4 aromatic rings. The third kappa shape index (κ3) is 4.42. The number of rotatable bonds is 6. The number of benzene rings is 2. The molecule has 0 radical (unpaired) electrons. The van der Waals surface area contributed by atoms with Gasteiger partial charge < -0.3 is 24.4 Å². The molecule has 0 bridgehead atoms. The standard InChI is InChI=1S/C31H31FN6O3/c1-36-13-4-5-20(36)8-10-35-31(40)22-18-38-25-6-2-3-7-26(25)41-30-27(38)21(29(22)39)15-23(32)28(30)37-14-9-19(17-37)24-16-33-11-12-34-24/h2-3,6-7,11-12,15-16,18-20H,4-5,8-10,13-14,17H2,1H3,(H,35,40). The lowest BCUT2D eigenvalue weighted by atomic mass is 10.0. The molecule has 3 aliphatic heterocycles. The first-order valence-corrected chi connectivity index (χ1v) is 14.2. The molecule has 41 heavy (non-hydrogen) atoms. The molecule has 5 heterocycles. The Bertz CT molecular complexity index is 1710. The Balaban J connectivity index is 1.28. The van der Waals surface area contributed by atoms with Crippen LogP contribution < -0.4 is 20.4 Å². The average molecular weight is 555 g/mol. The number of amides is 1. The van der Waals surface area contributed by atoms with Crippen LogP contribution in [-0.2, 0) is 0 Å². The second kappa shape index (κ2) is 10.3. The Kier molecular flexibility index (Phi) is 6.42. The number of hydrogen-bond acceptors (Lipinski definition) is 7. The van der Waals surface area contributed by atoms with Crippen molar-refractivity contribution >= 4 is 22.5 Å². The Morgan fingerprint density at radius 3 is 2.88 bits per heavy atom. The summed E-state index contributed by atoms with van der Waals surface area (Å²) >= 11 is 0. The lowest BCUT2D eigenvalue weighted by molar-refractivity contribution is 0.0949. The van der Waals surface area contributed by atoms with Crippen LogP contribution in [0.15, 0.2) is 59.9 Å². The third-order valence-electron chi connectivity index (χ3n) is 8.69. The van der Waals surface area contributed by atoms with E-state index in [4.69, 9.17) is 4.74 Å². The van der Waals surface area contributed by atoms with Gasteiger partial charge in [-0.2, -0.15) is 0 Å². The molecule has 1 amide bonds. The topological polar surface area (TPSA) is 92.6 Å². The molecule has 0 aliphatic carbocycles. The Hall–Kier alpha value is -4.31. The first-order valence-electron chi connectivity index (χ1n) is 14.2. The van der Waals surface area contributed by atoms with Gasteiger partial charge in [0, 0.05) is 56.4 Å². The largest absolute Gasteiger partial charge is 0.451 e. The second-order valence-corrected chi connectivity index (χ2v) is 11.1. The number of ether oxygens (including phenoxy) is 1.